The molecule has 7 heteroatoms. The molecule has 0 bridgehead atoms. The summed E-state index contributed by atoms with van der Waals surface area (Å²) in [6, 6.07) is 6.47. The van der Waals surface area contributed by atoms with Gasteiger partial charge in [0.25, 0.3) is 0 Å². The molecule has 1 fully saturated rings. The molecular weight excluding hydrogens is 465 g/mol. The summed E-state index contributed by atoms with van der Waals surface area (Å²) in [5.74, 6) is 0.912. The predicted molar refractivity (Wildman–Crippen MR) is 128 cm³/mol. The van der Waals surface area contributed by atoms with Crippen molar-refractivity contribution in [2.75, 3.05) is 52.5 Å². The minimum atomic E-state index is 0. The van der Waals surface area contributed by atoms with E-state index in [1.807, 2.05) is 0 Å². The molecule has 0 spiro atoms. The molecule has 2 aromatic rings. The van der Waals surface area contributed by atoms with Gasteiger partial charge in [-0.05, 0) is 37.8 Å². The first-order valence-electron chi connectivity index (χ1n) is 10.2. The first-order chi connectivity index (χ1) is 13.3. The maximum atomic E-state index is 5.39. The SMILES string of the molecule is CCNC(=NCCCN1CCOCC1)NCCc1c[nH]c2c(C)cccc12.I. The number of aromatic nitrogens is 1. The Morgan fingerprint density at radius 1 is 1.25 bits per heavy atom. The molecule has 2 heterocycles. The quantitative estimate of drug-likeness (QED) is 0.226. The highest BCUT2D eigenvalue weighted by Gasteiger charge is 2.09. The first kappa shape index (κ1) is 23.0. The maximum Gasteiger partial charge on any atom is 0.191 e. The third-order valence-corrected chi connectivity index (χ3v) is 5.05. The van der Waals surface area contributed by atoms with Crippen LogP contribution in [0.2, 0.25) is 0 Å². The van der Waals surface area contributed by atoms with E-state index in [0.29, 0.717) is 0 Å². The fourth-order valence-corrected chi connectivity index (χ4v) is 3.54. The summed E-state index contributed by atoms with van der Waals surface area (Å²) in [5.41, 5.74) is 3.89. The molecule has 0 aliphatic carbocycles. The minimum absolute atomic E-state index is 0. The van der Waals surface area contributed by atoms with E-state index >= 15 is 0 Å². The van der Waals surface area contributed by atoms with Crippen molar-refractivity contribution in [3.63, 3.8) is 0 Å². The molecule has 0 atom stereocenters. The predicted octanol–water partition coefficient (Wildman–Crippen LogP) is 2.91. The molecule has 6 nitrogen and oxygen atoms in total. The Kier molecular flexibility index (Phi) is 10.1. The Hall–Kier alpha value is -1.32. The standard InChI is InChI=1S/C21H33N5O.HI/c1-3-22-21(23-9-5-11-26-12-14-27-15-13-26)24-10-8-18-16-25-20-17(2)6-4-7-19(18)20;/h4,6-7,16,25H,3,5,8-15H2,1-2H3,(H2,22,23,24);1H. The number of nitrogens with one attached hydrogen (secondary N) is 3. The van der Waals surface area contributed by atoms with Crippen molar-refractivity contribution in [2.24, 2.45) is 4.99 Å². The number of morpholine rings is 1. The summed E-state index contributed by atoms with van der Waals surface area (Å²) in [4.78, 5) is 10.6. The van der Waals surface area contributed by atoms with E-state index in [9.17, 15) is 0 Å². The van der Waals surface area contributed by atoms with Gasteiger partial charge in [-0.1, -0.05) is 18.2 Å². The van der Waals surface area contributed by atoms with Gasteiger partial charge in [0, 0.05) is 56.4 Å². The number of H-pyrrole nitrogens is 1. The second-order valence-corrected chi connectivity index (χ2v) is 7.06. The maximum absolute atomic E-state index is 5.39. The Bertz CT molecular complexity index is 739. The minimum Gasteiger partial charge on any atom is -0.379 e. The fourth-order valence-electron chi connectivity index (χ4n) is 3.54. The third-order valence-electron chi connectivity index (χ3n) is 5.05. The van der Waals surface area contributed by atoms with Gasteiger partial charge < -0.3 is 20.4 Å². The van der Waals surface area contributed by atoms with Gasteiger partial charge in [-0.2, -0.15) is 0 Å². The lowest BCUT2D eigenvalue weighted by Crippen LogP contribution is -2.39. The Labute approximate surface area is 185 Å². The van der Waals surface area contributed by atoms with Crippen LogP contribution < -0.4 is 10.6 Å². The van der Waals surface area contributed by atoms with Crippen molar-refractivity contribution in [3.05, 3.63) is 35.5 Å². The summed E-state index contributed by atoms with van der Waals surface area (Å²) >= 11 is 0. The van der Waals surface area contributed by atoms with Crippen molar-refractivity contribution in [2.45, 2.75) is 26.7 Å². The number of ether oxygens (including phenoxy) is 1. The number of rotatable bonds is 8. The van der Waals surface area contributed by atoms with Crippen LogP contribution in [0.1, 0.15) is 24.5 Å². The molecule has 156 valence electrons. The van der Waals surface area contributed by atoms with Gasteiger partial charge in [-0.25, -0.2) is 0 Å². The van der Waals surface area contributed by atoms with Gasteiger partial charge in [-0.3, -0.25) is 9.89 Å². The van der Waals surface area contributed by atoms with Crippen LogP contribution >= 0.6 is 24.0 Å². The van der Waals surface area contributed by atoms with E-state index in [0.717, 1.165) is 71.3 Å². The molecule has 3 N–H and O–H groups in total. The molecule has 0 radical (unpaired) electrons. The van der Waals surface area contributed by atoms with E-state index in [1.165, 1.54) is 22.0 Å². The van der Waals surface area contributed by atoms with E-state index in [1.54, 1.807) is 0 Å². The van der Waals surface area contributed by atoms with Crippen LogP contribution in [0.25, 0.3) is 10.9 Å². The van der Waals surface area contributed by atoms with Gasteiger partial charge >= 0.3 is 0 Å². The zero-order chi connectivity index (χ0) is 18.9. The number of hydrogen-bond donors (Lipinski definition) is 3. The second-order valence-electron chi connectivity index (χ2n) is 7.06. The molecule has 0 unspecified atom stereocenters. The Balaban J connectivity index is 0.00000280. The topological polar surface area (TPSA) is 64.7 Å². The summed E-state index contributed by atoms with van der Waals surface area (Å²) in [7, 11) is 0. The molecule has 3 rings (SSSR count). The summed E-state index contributed by atoms with van der Waals surface area (Å²) < 4.78 is 5.39. The monoisotopic (exact) mass is 499 g/mol. The van der Waals surface area contributed by atoms with Crippen LogP contribution in [0.15, 0.2) is 29.4 Å². The molecule has 1 saturated heterocycles. The average molecular weight is 499 g/mol. The van der Waals surface area contributed by atoms with Crippen LogP contribution in [0, 0.1) is 6.92 Å². The molecule has 0 amide bonds. The van der Waals surface area contributed by atoms with E-state index in [2.05, 4.69) is 58.8 Å². The Morgan fingerprint density at radius 3 is 2.86 bits per heavy atom. The number of aryl methyl sites for hydroxylation is 1. The molecule has 1 aromatic heterocycles. The van der Waals surface area contributed by atoms with Crippen molar-refractivity contribution >= 4 is 40.8 Å². The summed E-state index contributed by atoms with van der Waals surface area (Å²) in [5, 5.41) is 8.14. The molecule has 1 aromatic carbocycles. The lowest BCUT2D eigenvalue weighted by molar-refractivity contribution is 0.0377. The zero-order valence-electron chi connectivity index (χ0n) is 17.1. The van der Waals surface area contributed by atoms with Crippen LogP contribution in [0.3, 0.4) is 0 Å². The van der Waals surface area contributed by atoms with Crippen molar-refractivity contribution in [3.8, 4) is 0 Å². The fraction of sp³-hybridized carbons (Fsp3) is 0.571. The number of hydrogen-bond acceptors (Lipinski definition) is 3. The van der Waals surface area contributed by atoms with Gasteiger partial charge in [0.1, 0.15) is 0 Å². The van der Waals surface area contributed by atoms with Gasteiger partial charge in [0.2, 0.25) is 0 Å². The van der Waals surface area contributed by atoms with Crippen LogP contribution in [-0.4, -0.2) is 68.3 Å². The smallest absolute Gasteiger partial charge is 0.191 e. The number of guanidine groups is 1. The summed E-state index contributed by atoms with van der Waals surface area (Å²) in [6.07, 6.45) is 4.19. The lowest BCUT2D eigenvalue weighted by Gasteiger charge is -2.26. The number of para-hydroxylation sites is 1. The number of halogens is 1. The molecule has 0 saturated carbocycles. The number of benzene rings is 1. The van der Waals surface area contributed by atoms with Gasteiger partial charge in [0.15, 0.2) is 5.96 Å². The van der Waals surface area contributed by atoms with Gasteiger partial charge in [0.05, 0.1) is 13.2 Å². The van der Waals surface area contributed by atoms with Crippen molar-refractivity contribution in [1.82, 2.24) is 20.5 Å². The van der Waals surface area contributed by atoms with Crippen molar-refractivity contribution < 1.29 is 4.74 Å². The van der Waals surface area contributed by atoms with Crippen LogP contribution in [-0.2, 0) is 11.2 Å². The van der Waals surface area contributed by atoms with Crippen LogP contribution in [0.4, 0.5) is 0 Å². The van der Waals surface area contributed by atoms with Gasteiger partial charge in [-0.15, -0.1) is 24.0 Å². The van der Waals surface area contributed by atoms with E-state index < -0.39 is 0 Å². The number of fused-ring (bicyclic) bond motifs is 1. The number of aliphatic imine (C=N–C) groups is 1. The lowest BCUT2D eigenvalue weighted by atomic mass is 10.1. The average Bonchev–Trinajstić information content (AvgIpc) is 3.10. The summed E-state index contributed by atoms with van der Waals surface area (Å²) in [6.45, 7) is 11.8. The highest BCUT2D eigenvalue weighted by molar-refractivity contribution is 14.0. The highest BCUT2D eigenvalue weighted by atomic mass is 127. The normalized spacial score (nSPS) is 15.4. The van der Waals surface area contributed by atoms with Crippen molar-refractivity contribution in [1.29, 1.82) is 0 Å². The third kappa shape index (κ3) is 6.63. The first-order valence-corrected chi connectivity index (χ1v) is 10.2. The molecular formula is C21H34IN5O. The number of nitrogens with zero attached hydrogens (tertiary/aromatic N) is 2. The largest absolute Gasteiger partial charge is 0.379 e. The van der Waals surface area contributed by atoms with Crippen LogP contribution in [0.5, 0.6) is 0 Å². The highest BCUT2D eigenvalue weighted by Crippen LogP contribution is 2.21. The number of aromatic amines is 1. The van der Waals surface area contributed by atoms with E-state index in [4.69, 9.17) is 9.73 Å². The zero-order valence-corrected chi connectivity index (χ0v) is 19.4. The molecule has 1 aliphatic rings. The van der Waals surface area contributed by atoms with E-state index in [-0.39, 0.29) is 24.0 Å². The molecule has 1 aliphatic heterocycles. The molecule has 28 heavy (non-hydrogen) atoms. The Morgan fingerprint density at radius 2 is 2.07 bits per heavy atom. The second kappa shape index (κ2) is 12.3.